The standard InChI is InChI=1S/C20H20N2O6S2/c23-19-15-9-3-5-11-17(15)29(25,26)21(19)13-7-1-2-8-14-22-20(24)16-10-4-6-12-18(16)30(22,27)28/h3-6,9-12H,1-2,7-8,13-14H2. The summed E-state index contributed by atoms with van der Waals surface area (Å²) < 4.78 is 51.8. The van der Waals surface area contributed by atoms with Crippen LogP contribution < -0.4 is 0 Å². The fourth-order valence-electron chi connectivity index (χ4n) is 3.77. The average Bonchev–Trinajstić information content (AvgIpc) is 3.04. The molecule has 0 spiro atoms. The van der Waals surface area contributed by atoms with Gasteiger partial charge in [0.1, 0.15) is 9.79 Å². The molecular weight excluding hydrogens is 428 g/mol. The highest BCUT2D eigenvalue weighted by atomic mass is 32.2. The minimum absolute atomic E-state index is 0.0346. The second kappa shape index (κ2) is 7.51. The van der Waals surface area contributed by atoms with E-state index in [1.807, 2.05) is 0 Å². The largest absolute Gasteiger partial charge is 0.269 e. The lowest BCUT2D eigenvalue weighted by molar-refractivity contribution is 0.0857. The fraction of sp³-hybridized carbons (Fsp3) is 0.300. The molecule has 8 nitrogen and oxygen atoms in total. The lowest BCUT2D eigenvalue weighted by atomic mass is 10.1. The third-order valence-corrected chi connectivity index (χ3v) is 8.98. The molecule has 0 aromatic heterocycles. The van der Waals surface area contributed by atoms with E-state index in [9.17, 15) is 26.4 Å². The number of benzene rings is 2. The van der Waals surface area contributed by atoms with Crippen molar-refractivity contribution in [2.45, 2.75) is 35.5 Å². The zero-order valence-electron chi connectivity index (χ0n) is 16.0. The van der Waals surface area contributed by atoms with E-state index in [1.165, 1.54) is 24.3 Å². The maximum Gasteiger partial charge on any atom is 0.269 e. The summed E-state index contributed by atoms with van der Waals surface area (Å²) in [6, 6.07) is 12.3. The zero-order valence-corrected chi connectivity index (χ0v) is 17.7. The summed E-state index contributed by atoms with van der Waals surface area (Å²) in [7, 11) is -7.61. The first kappa shape index (κ1) is 20.5. The van der Waals surface area contributed by atoms with Gasteiger partial charge >= 0.3 is 0 Å². The van der Waals surface area contributed by atoms with Gasteiger partial charge in [-0.3, -0.25) is 9.59 Å². The molecule has 0 atom stereocenters. The lowest BCUT2D eigenvalue weighted by Crippen LogP contribution is -2.31. The fourth-order valence-corrected chi connectivity index (χ4v) is 6.98. The Morgan fingerprint density at radius 3 is 1.30 bits per heavy atom. The minimum Gasteiger partial charge on any atom is -0.268 e. The molecule has 2 heterocycles. The van der Waals surface area contributed by atoms with Crippen LogP contribution in [0.1, 0.15) is 46.4 Å². The number of rotatable bonds is 7. The van der Waals surface area contributed by atoms with Crippen molar-refractivity contribution < 1.29 is 26.4 Å². The van der Waals surface area contributed by atoms with Gasteiger partial charge in [-0.15, -0.1) is 0 Å². The van der Waals surface area contributed by atoms with Gasteiger partial charge in [-0.25, -0.2) is 25.4 Å². The number of hydrogen-bond donors (Lipinski definition) is 0. The molecule has 2 aromatic rings. The Labute approximate surface area is 175 Å². The summed E-state index contributed by atoms with van der Waals surface area (Å²) in [6.45, 7) is 0.143. The Bertz CT molecular complexity index is 1140. The van der Waals surface area contributed by atoms with Crippen molar-refractivity contribution in [3.8, 4) is 0 Å². The van der Waals surface area contributed by atoms with Crippen LogP contribution in [-0.2, 0) is 20.0 Å². The number of fused-ring (bicyclic) bond motifs is 2. The van der Waals surface area contributed by atoms with Gasteiger partial charge in [0.15, 0.2) is 0 Å². The van der Waals surface area contributed by atoms with Crippen LogP contribution in [0.15, 0.2) is 58.3 Å². The molecule has 30 heavy (non-hydrogen) atoms. The molecule has 0 unspecified atom stereocenters. The molecule has 0 aliphatic carbocycles. The van der Waals surface area contributed by atoms with Gasteiger partial charge in [0.05, 0.1) is 11.1 Å². The summed E-state index contributed by atoms with van der Waals surface area (Å²) in [5.41, 5.74) is 0.379. The highest BCUT2D eigenvalue weighted by Crippen LogP contribution is 2.31. The first-order valence-corrected chi connectivity index (χ1v) is 12.5. The highest BCUT2D eigenvalue weighted by Gasteiger charge is 2.41. The SMILES string of the molecule is O=C1c2ccccc2S(=O)(=O)N1CCCCCCN1C(=O)c2ccccc2S1(=O)=O. The molecule has 2 amide bonds. The number of nitrogens with zero attached hydrogens (tertiary/aromatic N) is 2. The summed E-state index contributed by atoms with van der Waals surface area (Å²) in [4.78, 5) is 24.8. The molecule has 0 saturated heterocycles. The Hall–Kier alpha value is -2.72. The maximum absolute atomic E-state index is 12.5. The monoisotopic (exact) mass is 448 g/mol. The van der Waals surface area contributed by atoms with E-state index in [4.69, 9.17) is 0 Å². The predicted octanol–water partition coefficient (Wildman–Crippen LogP) is 2.24. The van der Waals surface area contributed by atoms with Crippen LogP contribution in [-0.4, -0.2) is 50.3 Å². The number of unbranched alkanes of at least 4 members (excludes halogenated alkanes) is 3. The zero-order chi connectivity index (χ0) is 21.5. The quantitative estimate of drug-likeness (QED) is 0.601. The van der Waals surface area contributed by atoms with Gasteiger partial charge in [-0.05, 0) is 37.1 Å². The molecular formula is C20H20N2O6S2. The predicted molar refractivity (Wildman–Crippen MR) is 108 cm³/mol. The Morgan fingerprint density at radius 2 is 0.933 bits per heavy atom. The van der Waals surface area contributed by atoms with Gasteiger partial charge in [0.25, 0.3) is 31.9 Å². The Balaban J connectivity index is 1.28. The molecule has 0 bridgehead atoms. The third-order valence-electron chi connectivity index (χ3n) is 5.30. The van der Waals surface area contributed by atoms with Crippen molar-refractivity contribution in [1.29, 1.82) is 0 Å². The second-order valence-electron chi connectivity index (χ2n) is 7.17. The number of hydrogen-bond acceptors (Lipinski definition) is 6. The summed E-state index contributed by atoms with van der Waals surface area (Å²) in [5, 5.41) is 0. The number of carbonyl (C=O) groups excluding carboxylic acids is 2. The number of sulfonamides is 2. The van der Waals surface area contributed by atoms with Gasteiger partial charge in [-0.2, -0.15) is 0 Å². The molecule has 0 N–H and O–H groups in total. The molecule has 0 saturated carbocycles. The topological polar surface area (TPSA) is 109 Å². The van der Waals surface area contributed by atoms with Crippen molar-refractivity contribution in [2.75, 3.05) is 13.1 Å². The Kier molecular flexibility index (Phi) is 5.15. The Morgan fingerprint density at radius 1 is 0.567 bits per heavy atom. The average molecular weight is 449 g/mol. The smallest absolute Gasteiger partial charge is 0.268 e. The minimum atomic E-state index is -3.80. The first-order chi connectivity index (χ1) is 14.3. The summed E-state index contributed by atoms with van der Waals surface area (Å²) in [5.74, 6) is -1.03. The van der Waals surface area contributed by atoms with Crippen LogP contribution in [0, 0.1) is 0 Å². The van der Waals surface area contributed by atoms with Crippen LogP contribution in [0.3, 0.4) is 0 Å². The lowest BCUT2D eigenvalue weighted by Gasteiger charge is -2.16. The molecule has 0 radical (unpaired) electrons. The molecule has 4 rings (SSSR count). The molecule has 0 fully saturated rings. The van der Waals surface area contributed by atoms with E-state index in [1.54, 1.807) is 24.3 Å². The number of carbonyl (C=O) groups is 2. The van der Waals surface area contributed by atoms with Crippen LogP contribution in [0.2, 0.25) is 0 Å². The molecule has 2 aliphatic heterocycles. The van der Waals surface area contributed by atoms with Gasteiger partial charge < -0.3 is 0 Å². The van der Waals surface area contributed by atoms with E-state index < -0.39 is 31.9 Å². The van der Waals surface area contributed by atoms with Crippen LogP contribution in [0.25, 0.3) is 0 Å². The van der Waals surface area contributed by atoms with E-state index >= 15 is 0 Å². The summed E-state index contributed by atoms with van der Waals surface area (Å²) >= 11 is 0. The first-order valence-electron chi connectivity index (χ1n) is 9.58. The van der Waals surface area contributed by atoms with Gasteiger partial charge in [0.2, 0.25) is 0 Å². The van der Waals surface area contributed by atoms with Crippen molar-refractivity contribution in [2.24, 2.45) is 0 Å². The van der Waals surface area contributed by atoms with E-state index in [2.05, 4.69) is 0 Å². The van der Waals surface area contributed by atoms with Crippen molar-refractivity contribution in [1.82, 2.24) is 8.61 Å². The normalized spacial score (nSPS) is 18.5. The van der Waals surface area contributed by atoms with E-state index in [0.29, 0.717) is 25.7 Å². The second-order valence-corrected chi connectivity index (χ2v) is 10.8. The van der Waals surface area contributed by atoms with Crippen molar-refractivity contribution >= 4 is 31.9 Å². The van der Waals surface area contributed by atoms with E-state index in [-0.39, 0.29) is 34.0 Å². The molecule has 2 aliphatic rings. The van der Waals surface area contributed by atoms with E-state index in [0.717, 1.165) is 8.61 Å². The van der Waals surface area contributed by atoms with Gasteiger partial charge in [-0.1, -0.05) is 37.1 Å². The highest BCUT2D eigenvalue weighted by molar-refractivity contribution is 7.90. The molecule has 158 valence electrons. The summed E-state index contributed by atoms with van der Waals surface area (Å²) in [6.07, 6.45) is 2.12. The van der Waals surface area contributed by atoms with Crippen molar-refractivity contribution in [3.63, 3.8) is 0 Å². The van der Waals surface area contributed by atoms with Crippen LogP contribution in [0.5, 0.6) is 0 Å². The third kappa shape index (κ3) is 3.20. The maximum atomic E-state index is 12.5. The van der Waals surface area contributed by atoms with Crippen LogP contribution in [0.4, 0.5) is 0 Å². The van der Waals surface area contributed by atoms with Crippen molar-refractivity contribution in [3.05, 3.63) is 59.7 Å². The molecule has 2 aromatic carbocycles. The molecule has 10 heteroatoms. The van der Waals surface area contributed by atoms with Crippen LogP contribution >= 0.6 is 0 Å². The van der Waals surface area contributed by atoms with Gasteiger partial charge in [0, 0.05) is 13.1 Å². The number of amides is 2.